The molecule has 2 aliphatic heterocycles. The number of para-hydroxylation sites is 1. The van der Waals surface area contributed by atoms with Crippen molar-refractivity contribution in [1.29, 1.82) is 0 Å². The van der Waals surface area contributed by atoms with Crippen molar-refractivity contribution in [3.63, 3.8) is 0 Å². The summed E-state index contributed by atoms with van der Waals surface area (Å²) in [6.07, 6.45) is 6.24. The molecular weight excluding hydrogens is 468 g/mol. The van der Waals surface area contributed by atoms with Gasteiger partial charge in [-0.2, -0.15) is 5.10 Å². The maximum Gasteiger partial charge on any atom is 0.256 e. The van der Waals surface area contributed by atoms with E-state index in [0.717, 1.165) is 54.8 Å². The monoisotopic (exact) mass is 510 g/mol. The fourth-order valence-corrected chi connectivity index (χ4v) is 5.51. The Balaban J connectivity index is 1.51. The van der Waals surface area contributed by atoms with Crippen molar-refractivity contribution in [3.05, 3.63) is 46.8 Å². The van der Waals surface area contributed by atoms with Crippen molar-refractivity contribution in [2.75, 3.05) is 39.4 Å². The van der Waals surface area contributed by atoms with Gasteiger partial charge in [-0.25, -0.2) is 0 Å². The minimum atomic E-state index is -0.998. The number of H-pyrrole nitrogens is 1. The smallest absolute Gasteiger partial charge is 0.256 e. The van der Waals surface area contributed by atoms with Gasteiger partial charge >= 0.3 is 0 Å². The highest BCUT2D eigenvalue weighted by Gasteiger charge is 2.46. The molecule has 0 saturated carbocycles. The summed E-state index contributed by atoms with van der Waals surface area (Å²) < 4.78 is 12.5. The quantitative estimate of drug-likeness (QED) is 0.635. The Morgan fingerprint density at radius 3 is 2.78 bits per heavy atom. The van der Waals surface area contributed by atoms with Crippen molar-refractivity contribution in [2.24, 2.45) is 0 Å². The summed E-state index contributed by atoms with van der Waals surface area (Å²) in [6, 6.07) is 8.18. The third-order valence-corrected chi connectivity index (χ3v) is 7.73. The number of hydrogen-bond donors (Lipinski definition) is 1. The van der Waals surface area contributed by atoms with Gasteiger partial charge in [0.1, 0.15) is 12.4 Å². The maximum atomic E-state index is 14.1. The molecule has 1 fully saturated rings. The number of amides is 2. The minimum Gasteiger partial charge on any atom is -0.491 e. The van der Waals surface area contributed by atoms with Crippen LogP contribution in [0.3, 0.4) is 0 Å². The van der Waals surface area contributed by atoms with Crippen LogP contribution in [-0.4, -0.2) is 76.8 Å². The van der Waals surface area contributed by atoms with Crippen LogP contribution in [0.15, 0.2) is 24.3 Å². The average molecular weight is 511 g/mol. The first kappa shape index (κ1) is 27.2. The third kappa shape index (κ3) is 6.53. The van der Waals surface area contributed by atoms with Crippen LogP contribution in [0.1, 0.15) is 68.0 Å². The number of nitrogens with one attached hydrogen (secondary N) is 1. The number of ether oxygens (including phenoxy) is 2. The molecule has 8 nitrogen and oxygen atoms in total. The number of carbonyl (C=O) groups excluding carboxylic acids is 2. The number of fused-ring (bicyclic) bond motifs is 1. The van der Waals surface area contributed by atoms with Crippen LogP contribution in [0.2, 0.25) is 0 Å². The molecule has 2 aromatic rings. The molecule has 1 atom stereocenters. The zero-order valence-electron chi connectivity index (χ0n) is 22.7. The third-order valence-electron chi connectivity index (χ3n) is 7.73. The zero-order valence-corrected chi connectivity index (χ0v) is 22.7. The standard InChI is InChI=1S/C29H42N4O4/c1-4-5-16-32-17-19-36-26-12-7-6-10-24(26)11-8-9-15-29(28(32)35)21-33(18-20-37-29)27(34)14-13-25-22(2)30-31-23(25)3/h6-7,10,12H,4-5,8-9,11,13-21H2,1-3H3,(H,30,31). The molecule has 2 amide bonds. The molecular formula is C29H42N4O4. The Morgan fingerprint density at radius 1 is 1.16 bits per heavy atom. The number of unbranched alkanes of at least 4 members (excludes halogenated alkanes) is 1. The first-order valence-electron chi connectivity index (χ1n) is 13.9. The summed E-state index contributed by atoms with van der Waals surface area (Å²) in [5.74, 6) is 0.978. The van der Waals surface area contributed by atoms with E-state index in [2.05, 4.69) is 23.2 Å². The number of aromatic amines is 1. The van der Waals surface area contributed by atoms with Gasteiger partial charge in [0, 0.05) is 25.2 Å². The normalized spacial score (nSPS) is 21.2. The van der Waals surface area contributed by atoms with Crippen LogP contribution >= 0.6 is 0 Å². The maximum absolute atomic E-state index is 14.1. The molecule has 1 saturated heterocycles. The molecule has 202 valence electrons. The van der Waals surface area contributed by atoms with Crippen LogP contribution in [0.5, 0.6) is 5.75 Å². The summed E-state index contributed by atoms with van der Waals surface area (Å²) in [7, 11) is 0. The number of morpholine rings is 1. The van der Waals surface area contributed by atoms with E-state index in [1.54, 1.807) is 0 Å². The summed E-state index contributed by atoms with van der Waals surface area (Å²) in [6.45, 7) is 8.89. The number of rotatable bonds is 6. The second-order valence-electron chi connectivity index (χ2n) is 10.4. The number of hydrogen-bond acceptors (Lipinski definition) is 5. The molecule has 1 spiro atoms. The number of aromatic nitrogens is 2. The molecule has 3 heterocycles. The highest BCUT2D eigenvalue weighted by Crippen LogP contribution is 2.30. The summed E-state index contributed by atoms with van der Waals surface area (Å²) in [5.41, 5.74) is 3.25. The minimum absolute atomic E-state index is 0.00238. The summed E-state index contributed by atoms with van der Waals surface area (Å²) in [4.78, 5) is 31.2. The molecule has 37 heavy (non-hydrogen) atoms. The van der Waals surface area contributed by atoms with Gasteiger partial charge in [0.25, 0.3) is 5.91 Å². The van der Waals surface area contributed by atoms with Gasteiger partial charge in [-0.3, -0.25) is 14.7 Å². The SMILES string of the molecule is CCCCN1CCOc2ccccc2CCCCC2(CN(C(=O)CCc3c(C)n[nH]c3C)CCO2)C1=O. The topological polar surface area (TPSA) is 87.8 Å². The lowest BCUT2D eigenvalue weighted by Crippen LogP contribution is -2.62. The van der Waals surface area contributed by atoms with Crippen LogP contribution in [-0.2, 0) is 27.2 Å². The second kappa shape index (κ2) is 12.6. The van der Waals surface area contributed by atoms with Crippen molar-refractivity contribution >= 4 is 11.8 Å². The van der Waals surface area contributed by atoms with E-state index >= 15 is 0 Å². The Labute approximate surface area is 220 Å². The van der Waals surface area contributed by atoms with Crippen LogP contribution in [0, 0.1) is 13.8 Å². The lowest BCUT2D eigenvalue weighted by Gasteiger charge is -2.44. The molecule has 1 unspecified atom stereocenters. The van der Waals surface area contributed by atoms with Crippen LogP contribution < -0.4 is 4.74 Å². The van der Waals surface area contributed by atoms with E-state index in [-0.39, 0.29) is 11.8 Å². The van der Waals surface area contributed by atoms with Gasteiger partial charge in [-0.15, -0.1) is 0 Å². The zero-order chi connectivity index (χ0) is 26.3. The van der Waals surface area contributed by atoms with Crippen LogP contribution in [0.4, 0.5) is 0 Å². The number of aryl methyl sites for hydroxylation is 3. The van der Waals surface area contributed by atoms with Gasteiger partial charge in [0.2, 0.25) is 5.91 Å². The van der Waals surface area contributed by atoms with E-state index < -0.39 is 5.60 Å². The summed E-state index contributed by atoms with van der Waals surface area (Å²) >= 11 is 0. The Kier molecular flexibility index (Phi) is 9.24. The molecule has 0 radical (unpaired) electrons. The second-order valence-corrected chi connectivity index (χ2v) is 10.4. The highest BCUT2D eigenvalue weighted by atomic mass is 16.5. The van der Waals surface area contributed by atoms with E-state index in [1.807, 2.05) is 41.8 Å². The van der Waals surface area contributed by atoms with Crippen molar-refractivity contribution < 1.29 is 19.1 Å². The Bertz CT molecular complexity index is 1050. The Morgan fingerprint density at radius 2 is 2.00 bits per heavy atom. The fourth-order valence-electron chi connectivity index (χ4n) is 5.51. The van der Waals surface area contributed by atoms with Crippen molar-refractivity contribution in [2.45, 2.75) is 77.7 Å². The lowest BCUT2D eigenvalue weighted by atomic mass is 9.90. The van der Waals surface area contributed by atoms with Crippen molar-refractivity contribution in [3.8, 4) is 5.75 Å². The highest BCUT2D eigenvalue weighted by molar-refractivity contribution is 5.87. The first-order chi connectivity index (χ1) is 17.9. The fraction of sp³-hybridized carbons (Fsp3) is 0.621. The molecule has 1 aromatic heterocycles. The van der Waals surface area contributed by atoms with E-state index in [9.17, 15) is 9.59 Å². The molecule has 0 aliphatic carbocycles. The summed E-state index contributed by atoms with van der Waals surface area (Å²) in [5, 5.41) is 7.25. The van der Waals surface area contributed by atoms with Crippen LogP contribution in [0.25, 0.3) is 0 Å². The predicted octanol–water partition coefficient (Wildman–Crippen LogP) is 3.99. The molecule has 0 bridgehead atoms. The molecule has 2 aliphatic rings. The van der Waals surface area contributed by atoms with E-state index in [1.165, 1.54) is 5.56 Å². The average Bonchev–Trinajstić information content (AvgIpc) is 3.23. The Hall–Kier alpha value is -2.87. The molecule has 1 N–H and O–H groups in total. The van der Waals surface area contributed by atoms with Gasteiger partial charge in [0.15, 0.2) is 5.60 Å². The van der Waals surface area contributed by atoms with Crippen molar-refractivity contribution in [1.82, 2.24) is 20.0 Å². The number of nitrogens with zero attached hydrogens (tertiary/aromatic N) is 3. The van der Waals surface area contributed by atoms with Gasteiger partial charge < -0.3 is 19.3 Å². The van der Waals surface area contributed by atoms with Gasteiger partial charge in [0.05, 0.1) is 25.4 Å². The first-order valence-corrected chi connectivity index (χ1v) is 13.9. The largest absolute Gasteiger partial charge is 0.491 e. The van der Waals surface area contributed by atoms with E-state index in [4.69, 9.17) is 9.47 Å². The van der Waals surface area contributed by atoms with E-state index in [0.29, 0.717) is 58.7 Å². The molecule has 1 aromatic carbocycles. The number of carbonyl (C=O) groups is 2. The predicted molar refractivity (Wildman–Crippen MR) is 143 cm³/mol. The lowest BCUT2D eigenvalue weighted by molar-refractivity contribution is -0.176. The molecule has 4 rings (SSSR count). The van der Waals surface area contributed by atoms with Gasteiger partial charge in [-0.1, -0.05) is 31.5 Å². The molecule has 8 heteroatoms. The number of benzene rings is 1. The van der Waals surface area contributed by atoms with Gasteiger partial charge in [-0.05, 0) is 69.6 Å².